The van der Waals surface area contributed by atoms with Crippen LogP contribution >= 0.6 is 35.1 Å². The SMILES string of the molecule is CC(C)(C)OC(=O)NCCCON=C(C(=O)NC1C(=O)N2C(C(=O)O)=C(CSc3nnnn3CCCNC(=O)OC(C)(C)C)CS[C@@H]12)c1nsc(N)n1. The summed E-state index contributed by atoms with van der Waals surface area (Å²) >= 11 is 3.32. The summed E-state index contributed by atoms with van der Waals surface area (Å²) in [5.74, 6) is -2.44. The number of nitrogens with two attached hydrogens (primary N) is 1. The fourth-order valence-electron chi connectivity index (χ4n) is 4.60. The zero-order valence-electron chi connectivity index (χ0n) is 29.9. The molecule has 24 heteroatoms. The fraction of sp³-hybridized carbons (Fsp3) is 0.621. The average Bonchev–Trinajstić information content (AvgIpc) is 3.70. The van der Waals surface area contributed by atoms with E-state index in [1.165, 1.54) is 28.2 Å². The number of carboxylic acid groups (broad SMARTS) is 1. The number of fused-ring (bicyclic) bond motifs is 1. The van der Waals surface area contributed by atoms with Crippen molar-refractivity contribution in [2.24, 2.45) is 5.16 Å². The minimum Gasteiger partial charge on any atom is -0.477 e. The molecule has 6 N–H and O–H groups in total. The predicted octanol–water partition coefficient (Wildman–Crippen LogP) is 1.19. The third-order valence-electron chi connectivity index (χ3n) is 6.73. The van der Waals surface area contributed by atoms with Crippen molar-refractivity contribution in [1.29, 1.82) is 0 Å². The highest BCUT2D eigenvalue weighted by molar-refractivity contribution is 8.01. The Labute approximate surface area is 316 Å². The van der Waals surface area contributed by atoms with E-state index in [9.17, 15) is 29.1 Å². The first kappa shape index (κ1) is 41.1. The number of β-lactam (4-membered cyclic amide) rings is 1. The number of nitrogens with one attached hydrogen (secondary N) is 3. The number of nitrogens with zero attached hydrogens (tertiary/aromatic N) is 8. The molecule has 0 saturated carbocycles. The van der Waals surface area contributed by atoms with Crippen molar-refractivity contribution in [2.75, 3.05) is 36.9 Å². The normalized spacial score (nSPS) is 17.4. The quantitative estimate of drug-likeness (QED) is 0.0524. The number of thioether (sulfide) groups is 2. The van der Waals surface area contributed by atoms with Gasteiger partial charge in [0.15, 0.2) is 5.13 Å². The number of aryl methyl sites for hydroxylation is 1. The van der Waals surface area contributed by atoms with Crippen LogP contribution in [0.4, 0.5) is 14.7 Å². The molecule has 4 heterocycles. The van der Waals surface area contributed by atoms with Crippen LogP contribution in [-0.2, 0) is 35.2 Å². The first-order valence-electron chi connectivity index (χ1n) is 16.3. The lowest BCUT2D eigenvalue weighted by Gasteiger charge is -2.49. The summed E-state index contributed by atoms with van der Waals surface area (Å²) < 4.78 is 16.0. The molecule has 4 amide bonds. The maximum Gasteiger partial charge on any atom is 0.407 e. The number of carboxylic acids is 1. The molecule has 2 aromatic heterocycles. The minimum absolute atomic E-state index is 0.00600. The van der Waals surface area contributed by atoms with Gasteiger partial charge in [-0.25, -0.2) is 19.1 Å². The van der Waals surface area contributed by atoms with E-state index in [1.807, 2.05) is 0 Å². The summed E-state index contributed by atoms with van der Waals surface area (Å²) in [5, 5.41) is 33.4. The highest BCUT2D eigenvalue weighted by atomic mass is 32.2. The summed E-state index contributed by atoms with van der Waals surface area (Å²) in [6.07, 6.45) is -0.290. The Balaban J connectivity index is 1.33. The molecule has 2 atom stereocenters. The topological polar surface area (TPSA) is 280 Å². The van der Waals surface area contributed by atoms with Gasteiger partial charge in [-0.3, -0.25) is 14.5 Å². The van der Waals surface area contributed by atoms with Gasteiger partial charge in [-0.15, -0.1) is 16.9 Å². The van der Waals surface area contributed by atoms with Gasteiger partial charge >= 0.3 is 18.2 Å². The molecular weight excluding hydrogens is 757 g/mol. The van der Waals surface area contributed by atoms with Crippen LogP contribution in [0.25, 0.3) is 0 Å². The maximum absolute atomic E-state index is 13.4. The molecule has 1 unspecified atom stereocenters. The van der Waals surface area contributed by atoms with E-state index in [0.717, 1.165) is 16.4 Å². The Morgan fingerprint density at radius 3 is 2.32 bits per heavy atom. The molecule has 0 radical (unpaired) electrons. The van der Waals surface area contributed by atoms with E-state index in [0.29, 0.717) is 36.7 Å². The lowest BCUT2D eigenvalue weighted by atomic mass is 10.0. The number of aliphatic carboxylic acids is 1. The van der Waals surface area contributed by atoms with Crippen molar-refractivity contribution in [2.45, 2.75) is 88.7 Å². The molecule has 0 spiro atoms. The molecule has 1 saturated heterocycles. The van der Waals surface area contributed by atoms with Crippen LogP contribution in [0.15, 0.2) is 21.6 Å². The van der Waals surface area contributed by atoms with Crippen LogP contribution in [0.1, 0.15) is 60.2 Å². The number of nitrogen functional groups attached to an aromatic ring is 1. The predicted molar refractivity (Wildman–Crippen MR) is 193 cm³/mol. The molecule has 0 aliphatic carbocycles. The summed E-state index contributed by atoms with van der Waals surface area (Å²) in [4.78, 5) is 73.3. The standard InChI is InChI=1S/C29H42N12O9S3/c1-28(2,3)49-26(46)31-9-7-11-40-25(35-38-39-40)52-14-15-13-51-22-17(21(43)41(22)18(15)23(44)45)33-20(42)16(19-34-24(30)53-37-19)36-48-12-8-10-32-27(47)50-29(4,5)6/h17,22H,7-14H2,1-6H3,(H,31,46)(H,32,47)(H,33,42)(H,44,45)(H2,30,34,37)/t17?,22-/m0/s1. The number of carbonyl (C=O) groups excluding carboxylic acids is 4. The Morgan fingerprint density at radius 2 is 1.72 bits per heavy atom. The number of anilines is 1. The number of hydrogen-bond donors (Lipinski definition) is 5. The first-order valence-corrected chi connectivity index (χ1v) is 19.1. The zero-order valence-corrected chi connectivity index (χ0v) is 32.4. The van der Waals surface area contributed by atoms with Crippen LogP contribution in [-0.4, -0.2) is 129 Å². The van der Waals surface area contributed by atoms with E-state index in [-0.39, 0.29) is 47.0 Å². The van der Waals surface area contributed by atoms with Gasteiger partial charge in [0, 0.05) is 49.1 Å². The molecule has 0 aromatic carbocycles. The lowest BCUT2D eigenvalue weighted by molar-refractivity contribution is -0.150. The van der Waals surface area contributed by atoms with Crippen molar-refractivity contribution in [3.05, 3.63) is 17.1 Å². The molecule has 0 bridgehead atoms. The largest absolute Gasteiger partial charge is 0.477 e. The van der Waals surface area contributed by atoms with Gasteiger partial charge in [-0.2, -0.15) is 9.36 Å². The Morgan fingerprint density at radius 1 is 1.06 bits per heavy atom. The first-order chi connectivity index (χ1) is 24.9. The van der Waals surface area contributed by atoms with E-state index in [4.69, 9.17) is 20.0 Å². The van der Waals surface area contributed by atoms with E-state index >= 15 is 0 Å². The smallest absolute Gasteiger partial charge is 0.407 e. The number of amides is 4. The highest BCUT2D eigenvalue weighted by Gasteiger charge is 2.54. The number of ether oxygens (including phenoxy) is 2. The minimum atomic E-state index is -1.30. The van der Waals surface area contributed by atoms with Gasteiger partial charge in [0.2, 0.25) is 16.7 Å². The van der Waals surface area contributed by atoms with Gasteiger partial charge < -0.3 is 41.1 Å². The maximum atomic E-state index is 13.4. The fourth-order valence-corrected chi connectivity index (χ4v) is 7.42. The molecule has 2 aliphatic rings. The molecule has 2 aromatic rings. The number of tetrazole rings is 1. The second kappa shape index (κ2) is 17.9. The summed E-state index contributed by atoms with van der Waals surface area (Å²) in [5.41, 5.74) is 4.41. The van der Waals surface area contributed by atoms with Gasteiger partial charge in [-0.05, 0) is 64.0 Å². The van der Waals surface area contributed by atoms with E-state index in [2.05, 4.69) is 46.0 Å². The van der Waals surface area contributed by atoms with Gasteiger partial charge in [0.25, 0.3) is 11.8 Å². The van der Waals surface area contributed by atoms with Gasteiger partial charge in [0.1, 0.15) is 34.9 Å². The number of carbonyl (C=O) groups is 5. The molecule has 21 nitrogen and oxygen atoms in total. The summed E-state index contributed by atoms with van der Waals surface area (Å²) in [6.45, 7) is 11.5. The summed E-state index contributed by atoms with van der Waals surface area (Å²) in [7, 11) is 0. The van der Waals surface area contributed by atoms with Gasteiger partial charge in [-0.1, -0.05) is 16.9 Å². The monoisotopic (exact) mass is 798 g/mol. The Hall–Kier alpha value is -4.71. The van der Waals surface area contributed by atoms with Crippen LogP contribution in [0.3, 0.4) is 0 Å². The number of alkyl carbamates (subject to hydrolysis) is 2. The number of aromatic nitrogens is 6. The van der Waals surface area contributed by atoms with Crippen molar-refractivity contribution in [3.63, 3.8) is 0 Å². The summed E-state index contributed by atoms with van der Waals surface area (Å²) in [6, 6.07) is -1.07. The van der Waals surface area contributed by atoms with Crippen molar-refractivity contribution >= 4 is 75.9 Å². The zero-order chi connectivity index (χ0) is 38.9. The van der Waals surface area contributed by atoms with Crippen molar-refractivity contribution in [3.8, 4) is 0 Å². The van der Waals surface area contributed by atoms with Crippen LogP contribution in [0, 0.1) is 0 Å². The molecule has 1 fully saturated rings. The highest BCUT2D eigenvalue weighted by Crippen LogP contribution is 2.41. The number of hydrogen-bond acceptors (Lipinski definition) is 18. The average molecular weight is 799 g/mol. The van der Waals surface area contributed by atoms with Crippen molar-refractivity contribution in [1.82, 2.24) is 50.4 Å². The lowest BCUT2D eigenvalue weighted by Crippen LogP contribution is -2.71. The second-order valence-electron chi connectivity index (χ2n) is 13.4. The second-order valence-corrected chi connectivity index (χ2v) is 16.2. The van der Waals surface area contributed by atoms with Crippen molar-refractivity contribution < 1.29 is 43.4 Å². The number of oxime groups is 1. The molecule has 2 aliphatic heterocycles. The van der Waals surface area contributed by atoms with Crippen LogP contribution in [0.2, 0.25) is 0 Å². The Kier molecular flexibility index (Phi) is 13.8. The third-order valence-corrected chi connectivity index (χ3v) is 9.66. The molecule has 4 rings (SSSR count). The van der Waals surface area contributed by atoms with Crippen LogP contribution < -0.4 is 21.7 Å². The van der Waals surface area contributed by atoms with E-state index in [1.54, 1.807) is 41.5 Å². The third kappa shape index (κ3) is 11.9. The molecule has 290 valence electrons. The number of rotatable bonds is 16. The molecular formula is C29H42N12O9S3. The van der Waals surface area contributed by atoms with Crippen LogP contribution in [0.5, 0.6) is 0 Å². The molecule has 53 heavy (non-hydrogen) atoms. The van der Waals surface area contributed by atoms with E-state index < -0.39 is 52.6 Å². The Bertz CT molecular complexity index is 1730. The van der Waals surface area contributed by atoms with Gasteiger partial charge in [0.05, 0.1) is 0 Å².